The number of thiazole rings is 1. The van der Waals surface area contributed by atoms with Crippen LogP contribution in [0.25, 0.3) is 10.6 Å². The summed E-state index contributed by atoms with van der Waals surface area (Å²) < 4.78 is 5.04. The van der Waals surface area contributed by atoms with E-state index in [1.165, 1.54) is 11.3 Å². The first-order valence-electron chi connectivity index (χ1n) is 9.04. The molecule has 1 amide bonds. The molecule has 30 heavy (non-hydrogen) atoms. The number of rotatable bonds is 4. The van der Waals surface area contributed by atoms with E-state index >= 15 is 0 Å². The zero-order chi connectivity index (χ0) is 21.4. The maximum Gasteiger partial charge on any atom is 0.257 e. The molecule has 1 aliphatic rings. The lowest BCUT2D eigenvalue weighted by atomic mass is 9.99. The van der Waals surface area contributed by atoms with Gasteiger partial charge in [-0.25, -0.2) is 4.98 Å². The van der Waals surface area contributed by atoms with Crippen molar-refractivity contribution in [3.63, 3.8) is 0 Å². The van der Waals surface area contributed by atoms with E-state index in [4.69, 9.17) is 33.3 Å². The molecule has 3 heterocycles. The molecule has 0 bridgehead atoms. The minimum absolute atomic E-state index is 0.298. The van der Waals surface area contributed by atoms with Crippen LogP contribution in [-0.2, 0) is 4.79 Å². The SMILES string of the molecule is CC1=C(C(=O)Nc2cc(C)on2)C(c2csc(-c3ccc(Cl)cc3)n2)NC(=S)N1C. The van der Waals surface area contributed by atoms with Gasteiger partial charge in [0, 0.05) is 34.8 Å². The molecule has 1 atom stereocenters. The third-order valence-corrected chi connectivity index (χ3v) is 6.33. The highest BCUT2D eigenvalue weighted by Gasteiger charge is 2.34. The number of hydrogen-bond acceptors (Lipinski definition) is 6. The van der Waals surface area contributed by atoms with Crippen molar-refractivity contribution >= 4 is 52.0 Å². The molecule has 2 N–H and O–H groups in total. The van der Waals surface area contributed by atoms with Gasteiger partial charge in [-0.15, -0.1) is 11.3 Å². The zero-order valence-corrected chi connectivity index (χ0v) is 18.8. The van der Waals surface area contributed by atoms with Crippen LogP contribution >= 0.6 is 35.2 Å². The standard InChI is InChI=1S/C20H18ClN5O2S2/c1-10-8-15(25-28-10)23-18(27)16-11(2)26(3)20(29)24-17(16)14-9-30-19(22-14)12-4-6-13(21)7-5-12/h4-9,17H,1-3H3,(H,24,29)(H,23,25,27). The number of anilines is 1. The molecule has 0 saturated heterocycles. The van der Waals surface area contributed by atoms with Gasteiger partial charge >= 0.3 is 0 Å². The van der Waals surface area contributed by atoms with Crippen LogP contribution in [0.15, 0.2) is 51.5 Å². The summed E-state index contributed by atoms with van der Waals surface area (Å²) in [5.74, 6) is 0.668. The van der Waals surface area contributed by atoms with Crippen molar-refractivity contribution < 1.29 is 9.32 Å². The van der Waals surface area contributed by atoms with Gasteiger partial charge in [0.1, 0.15) is 16.8 Å². The van der Waals surface area contributed by atoms with E-state index in [-0.39, 0.29) is 5.91 Å². The normalized spacial score (nSPS) is 16.6. The number of aromatic nitrogens is 2. The molecule has 1 unspecified atom stereocenters. The summed E-state index contributed by atoms with van der Waals surface area (Å²) in [7, 11) is 1.81. The van der Waals surface area contributed by atoms with Crippen molar-refractivity contribution in [2.75, 3.05) is 12.4 Å². The molecule has 0 fully saturated rings. The zero-order valence-electron chi connectivity index (χ0n) is 16.4. The van der Waals surface area contributed by atoms with Gasteiger partial charge < -0.3 is 20.1 Å². The fourth-order valence-electron chi connectivity index (χ4n) is 3.10. The van der Waals surface area contributed by atoms with Crippen LogP contribution in [0.2, 0.25) is 5.02 Å². The Morgan fingerprint density at radius 3 is 2.73 bits per heavy atom. The molecule has 10 heteroatoms. The first kappa shape index (κ1) is 20.5. The van der Waals surface area contributed by atoms with Crippen molar-refractivity contribution in [3.8, 4) is 10.6 Å². The molecule has 0 aliphatic carbocycles. The second-order valence-electron chi connectivity index (χ2n) is 6.80. The number of carbonyl (C=O) groups is 1. The smallest absolute Gasteiger partial charge is 0.257 e. The van der Waals surface area contributed by atoms with Gasteiger partial charge in [0.15, 0.2) is 10.9 Å². The molecule has 0 spiro atoms. The fourth-order valence-corrected chi connectivity index (χ4v) is 4.34. The lowest BCUT2D eigenvalue weighted by molar-refractivity contribution is -0.113. The topological polar surface area (TPSA) is 83.3 Å². The quantitative estimate of drug-likeness (QED) is 0.554. The number of benzene rings is 1. The van der Waals surface area contributed by atoms with Crippen molar-refractivity contribution in [1.29, 1.82) is 0 Å². The number of amides is 1. The Bertz CT molecular complexity index is 1150. The summed E-state index contributed by atoms with van der Waals surface area (Å²) in [5.41, 5.74) is 2.92. The number of hydrogen-bond donors (Lipinski definition) is 2. The highest BCUT2D eigenvalue weighted by atomic mass is 35.5. The Morgan fingerprint density at radius 1 is 1.33 bits per heavy atom. The van der Waals surface area contributed by atoms with E-state index in [2.05, 4.69) is 15.8 Å². The fraction of sp³-hybridized carbons (Fsp3) is 0.200. The van der Waals surface area contributed by atoms with Crippen LogP contribution in [0.1, 0.15) is 24.4 Å². The molecule has 7 nitrogen and oxygen atoms in total. The molecule has 1 aliphatic heterocycles. The summed E-state index contributed by atoms with van der Waals surface area (Å²) >= 11 is 12.9. The first-order chi connectivity index (χ1) is 14.3. The highest BCUT2D eigenvalue weighted by molar-refractivity contribution is 7.80. The van der Waals surface area contributed by atoms with E-state index in [1.807, 2.05) is 43.6 Å². The van der Waals surface area contributed by atoms with Gasteiger partial charge in [-0.05, 0) is 38.2 Å². The van der Waals surface area contributed by atoms with Crippen molar-refractivity contribution in [2.24, 2.45) is 0 Å². The van der Waals surface area contributed by atoms with Gasteiger partial charge in [0.2, 0.25) is 0 Å². The molecule has 4 rings (SSSR count). The van der Waals surface area contributed by atoms with Crippen LogP contribution in [0.4, 0.5) is 5.82 Å². The molecular formula is C20H18ClN5O2S2. The number of thiocarbonyl (C=S) groups is 1. The summed E-state index contributed by atoms with van der Waals surface area (Å²) in [5, 5.41) is 13.8. The molecule has 0 radical (unpaired) electrons. The second kappa shape index (κ2) is 8.17. The Kier molecular flexibility index (Phi) is 5.59. The maximum absolute atomic E-state index is 13.1. The Balaban J connectivity index is 1.69. The first-order valence-corrected chi connectivity index (χ1v) is 10.7. The Hall–Kier alpha value is -2.75. The van der Waals surface area contributed by atoms with E-state index in [1.54, 1.807) is 17.9 Å². The van der Waals surface area contributed by atoms with Gasteiger partial charge in [0.05, 0.1) is 11.3 Å². The largest absolute Gasteiger partial charge is 0.360 e. The number of nitrogens with one attached hydrogen (secondary N) is 2. The monoisotopic (exact) mass is 459 g/mol. The summed E-state index contributed by atoms with van der Waals surface area (Å²) in [6.45, 7) is 3.62. The average molecular weight is 460 g/mol. The summed E-state index contributed by atoms with van der Waals surface area (Å²) in [4.78, 5) is 19.7. The maximum atomic E-state index is 13.1. The Morgan fingerprint density at radius 2 is 2.07 bits per heavy atom. The van der Waals surface area contributed by atoms with Crippen LogP contribution < -0.4 is 10.6 Å². The van der Waals surface area contributed by atoms with Gasteiger partial charge in [0.25, 0.3) is 5.91 Å². The third-order valence-electron chi connectivity index (χ3n) is 4.78. The average Bonchev–Trinajstić information content (AvgIpc) is 3.35. The van der Waals surface area contributed by atoms with Crippen molar-refractivity contribution in [1.82, 2.24) is 20.4 Å². The third kappa shape index (κ3) is 3.96. The van der Waals surface area contributed by atoms with E-state index in [9.17, 15) is 4.79 Å². The number of nitrogens with zero attached hydrogens (tertiary/aromatic N) is 3. The van der Waals surface area contributed by atoms with Crippen LogP contribution in [0.5, 0.6) is 0 Å². The molecule has 3 aromatic rings. The summed E-state index contributed by atoms with van der Waals surface area (Å²) in [6.07, 6.45) is 0. The van der Waals surface area contributed by atoms with Gasteiger partial charge in [-0.1, -0.05) is 28.9 Å². The minimum atomic E-state index is -0.487. The lowest BCUT2D eigenvalue weighted by Crippen LogP contribution is -2.46. The van der Waals surface area contributed by atoms with E-state index < -0.39 is 6.04 Å². The highest BCUT2D eigenvalue weighted by Crippen LogP contribution is 2.34. The van der Waals surface area contributed by atoms with Crippen LogP contribution in [0, 0.1) is 6.92 Å². The molecule has 154 valence electrons. The van der Waals surface area contributed by atoms with Crippen LogP contribution in [0.3, 0.4) is 0 Å². The van der Waals surface area contributed by atoms with Gasteiger partial charge in [-0.2, -0.15) is 0 Å². The Labute approximate surface area is 187 Å². The van der Waals surface area contributed by atoms with Crippen LogP contribution in [-0.4, -0.2) is 33.1 Å². The number of aryl methyl sites for hydroxylation is 1. The predicted molar refractivity (Wildman–Crippen MR) is 121 cm³/mol. The molecule has 0 saturated carbocycles. The van der Waals surface area contributed by atoms with Crippen molar-refractivity contribution in [3.05, 3.63) is 63.5 Å². The lowest BCUT2D eigenvalue weighted by Gasteiger charge is -2.34. The van der Waals surface area contributed by atoms with Gasteiger partial charge in [-0.3, -0.25) is 4.79 Å². The van der Waals surface area contributed by atoms with E-state index in [0.717, 1.165) is 16.3 Å². The number of halogens is 1. The number of carbonyl (C=O) groups excluding carboxylic acids is 1. The second-order valence-corrected chi connectivity index (χ2v) is 8.48. The summed E-state index contributed by atoms with van der Waals surface area (Å²) in [6, 6.07) is 8.65. The van der Waals surface area contributed by atoms with Crippen molar-refractivity contribution in [2.45, 2.75) is 19.9 Å². The van der Waals surface area contributed by atoms with E-state index in [0.29, 0.717) is 33.0 Å². The minimum Gasteiger partial charge on any atom is -0.360 e. The molecule has 1 aromatic carbocycles. The molecular weight excluding hydrogens is 442 g/mol. The number of allylic oxidation sites excluding steroid dienone is 1. The molecule has 2 aromatic heterocycles. The predicted octanol–water partition coefficient (Wildman–Crippen LogP) is 4.53.